The first-order valence-corrected chi connectivity index (χ1v) is 2.10. The van der Waals surface area contributed by atoms with E-state index in [0.717, 1.165) is 5.33 Å². The van der Waals surface area contributed by atoms with Gasteiger partial charge >= 0.3 is 0 Å². The molecule has 0 atom stereocenters. The molecule has 0 saturated carbocycles. The van der Waals surface area contributed by atoms with Crippen molar-refractivity contribution in [2.75, 3.05) is 5.33 Å². The molecule has 0 rings (SSSR count). The van der Waals surface area contributed by atoms with Crippen molar-refractivity contribution in [2.24, 2.45) is 0 Å². The van der Waals surface area contributed by atoms with Gasteiger partial charge in [0.25, 0.3) is 0 Å². The van der Waals surface area contributed by atoms with Gasteiger partial charge in [0.2, 0.25) is 0 Å². The molecule has 0 heterocycles. The Morgan fingerprint density at radius 2 is 1.75 bits per heavy atom. The van der Waals surface area contributed by atoms with E-state index < -0.39 is 0 Å². The van der Waals surface area contributed by atoms with Crippen LogP contribution in [0, 0.1) is 0 Å². The van der Waals surface area contributed by atoms with Crippen LogP contribution < -0.4 is 0 Å². The van der Waals surface area contributed by atoms with E-state index in [9.17, 15) is 0 Å². The van der Waals surface area contributed by atoms with Gasteiger partial charge in [0.1, 0.15) is 0 Å². The Balaban J connectivity index is 0. The molecule has 0 aliphatic heterocycles. The molecule has 0 aromatic heterocycles. The predicted octanol–water partition coefficient (Wildman–Crippen LogP) is 1.40. The number of alkyl halides is 1. The molecule has 0 aliphatic carbocycles. The van der Waals surface area contributed by atoms with Crippen molar-refractivity contribution in [1.29, 1.82) is 0 Å². The topological polar surface area (TPSA) is 0 Å². The molecule has 0 N–H and O–H groups in total. The molecular weight excluding hydrogens is 216 g/mol. The second kappa shape index (κ2) is 8.83. The fourth-order valence-corrected chi connectivity index (χ4v) is 0. The van der Waals surface area contributed by atoms with Crippen LogP contribution in [0.2, 0.25) is 0 Å². The van der Waals surface area contributed by atoms with Crippen LogP contribution in [0.1, 0.15) is 6.92 Å². The molecular formula is C2H5BrCd. The molecule has 0 unspecified atom stereocenters. The van der Waals surface area contributed by atoms with Crippen LogP contribution in [0.25, 0.3) is 0 Å². The van der Waals surface area contributed by atoms with Gasteiger partial charge in [0, 0.05) is 32.6 Å². The molecule has 4 heavy (non-hydrogen) atoms. The maximum atomic E-state index is 3.15. The number of halogens is 1. The quantitative estimate of drug-likeness (QED) is 0.428. The van der Waals surface area contributed by atoms with Crippen molar-refractivity contribution < 1.29 is 27.3 Å². The van der Waals surface area contributed by atoms with Crippen molar-refractivity contribution in [2.45, 2.75) is 6.92 Å². The summed E-state index contributed by atoms with van der Waals surface area (Å²) in [5, 5.41) is 1.06. The summed E-state index contributed by atoms with van der Waals surface area (Å²) in [6, 6.07) is 0. The van der Waals surface area contributed by atoms with E-state index >= 15 is 0 Å². The van der Waals surface area contributed by atoms with E-state index in [4.69, 9.17) is 0 Å². The SMILES string of the molecule is CCBr.[Cd]. The molecule has 0 amide bonds. The Labute approximate surface area is 55.3 Å². The van der Waals surface area contributed by atoms with E-state index in [1.165, 1.54) is 0 Å². The van der Waals surface area contributed by atoms with Crippen LogP contribution in [0.15, 0.2) is 0 Å². The number of hydrogen-bond acceptors (Lipinski definition) is 0. The van der Waals surface area contributed by atoms with E-state index in [1.807, 2.05) is 6.92 Å². The maximum Gasteiger partial charge on any atom is 0.000281 e. The zero-order chi connectivity index (χ0) is 2.71. The predicted molar refractivity (Wildman–Crippen MR) is 19.5 cm³/mol. The van der Waals surface area contributed by atoms with Crippen molar-refractivity contribution in [3.8, 4) is 0 Å². The van der Waals surface area contributed by atoms with Crippen molar-refractivity contribution in [3.63, 3.8) is 0 Å². The minimum absolute atomic E-state index is 0. The molecule has 0 spiro atoms. The summed E-state index contributed by atoms with van der Waals surface area (Å²) in [4.78, 5) is 0. The van der Waals surface area contributed by atoms with E-state index in [-0.39, 0.29) is 27.3 Å². The molecule has 0 bridgehead atoms. The van der Waals surface area contributed by atoms with Crippen LogP contribution in [0.3, 0.4) is 0 Å². The molecule has 0 radical (unpaired) electrons. The van der Waals surface area contributed by atoms with Gasteiger partial charge in [-0.05, 0) is 0 Å². The normalized spacial score (nSPS) is 4.50. The Morgan fingerprint density at radius 3 is 1.75 bits per heavy atom. The fraction of sp³-hybridized carbons (Fsp3) is 1.00. The molecule has 0 aromatic carbocycles. The zero-order valence-electron chi connectivity index (χ0n) is 2.79. The summed E-state index contributed by atoms with van der Waals surface area (Å²) in [6.45, 7) is 2.04. The van der Waals surface area contributed by atoms with Crippen LogP contribution in [0.4, 0.5) is 0 Å². The monoisotopic (exact) mass is 222 g/mol. The maximum absolute atomic E-state index is 3.15. The van der Waals surface area contributed by atoms with Gasteiger partial charge in [-0.2, -0.15) is 0 Å². The van der Waals surface area contributed by atoms with E-state index in [0.29, 0.717) is 0 Å². The summed E-state index contributed by atoms with van der Waals surface area (Å²) in [5.74, 6) is 0. The summed E-state index contributed by atoms with van der Waals surface area (Å²) in [6.07, 6.45) is 0. The first kappa shape index (κ1) is 9.04. The molecule has 0 aromatic rings. The number of rotatable bonds is 0. The molecule has 0 saturated heterocycles. The molecule has 0 nitrogen and oxygen atoms in total. The van der Waals surface area contributed by atoms with Gasteiger partial charge in [-0.15, -0.1) is 0 Å². The van der Waals surface area contributed by atoms with E-state index in [1.54, 1.807) is 0 Å². The van der Waals surface area contributed by atoms with Crippen LogP contribution in [-0.4, -0.2) is 5.33 Å². The Morgan fingerprint density at radius 1 is 1.75 bits per heavy atom. The largest absolute Gasteiger partial charge is 0.0931 e. The molecule has 22 valence electrons. The van der Waals surface area contributed by atoms with Crippen LogP contribution in [0.5, 0.6) is 0 Å². The van der Waals surface area contributed by atoms with Gasteiger partial charge in [-0.3, -0.25) is 0 Å². The van der Waals surface area contributed by atoms with Crippen molar-refractivity contribution in [3.05, 3.63) is 0 Å². The first-order chi connectivity index (χ1) is 1.41. The minimum Gasteiger partial charge on any atom is -0.0931 e. The Kier molecular flexibility index (Phi) is 20.0. The van der Waals surface area contributed by atoms with Gasteiger partial charge in [-0.1, -0.05) is 22.9 Å². The van der Waals surface area contributed by atoms with Gasteiger partial charge < -0.3 is 0 Å². The summed E-state index contributed by atoms with van der Waals surface area (Å²) in [7, 11) is 0. The zero-order valence-corrected chi connectivity index (χ0v) is 8.41. The summed E-state index contributed by atoms with van der Waals surface area (Å²) in [5.41, 5.74) is 0. The van der Waals surface area contributed by atoms with Crippen molar-refractivity contribution >= 4 is 15.9 Å². The minimum atomic E-state index is 0. The van der Waals surface area contributed by atoms with Crippen LogP contribution >= 0.6 is 15.9 Å². The smallest absolute Gasteiger partial charge is 0.000281 e. The Hall–Kier alpha value is 1.40. The fourth-order valence-electron chi connectivity index (χ4n) is 0. The van der Waals surface area contributed by atoms with Gasteiger partial charge in [0.05, 0.1) is 0 Å². The summed E-state index contributed by atoms with van der Waals surface area (Å²) >= 11 is 3.15. The standard InChI is InChI=1S/C2H5Br.Cd/c1-2-3;/h2H2,1H3;. The van der Waals surface area contributed by atoms with Gasteiger partial charge in [0.15, 0.2) is 0 Å². The first-order valence-electron chi connectivity index (χ1n) is 0.974. The van der Waals surface area contributed by atoms with Gasteiger partial charge in [-0.25, -0.2) is 0 Å². The number of hydrogen-bond donors (Lipinski definition) is 0. The van der Waals surface area contributed by atoms with Crippen molar-refractivity contribution in [1.82, 2.24) is 0 Å². The third kappa shape index (κ3) is 9.99. The Bertz CT molecular complexity index is 6.00. The van der Waals surface area contributed by atoms with Crippen LogP contribution in [-0.2, 0) is 27.3 Å². The average Bonchev–Trinajstić information content (AvgIpc) is 0.918. The third-order valence-electron chi connectivity index (χ3n) is 0. The second-order valence-electron chi connectivity index (χ2n) is 0.267. The average molecular weight is 221 g/mol. The third-order valence-corrected chi connectivity index (χ3v) is 0. The second-order valence-corrected chi connectivity index (χ2v) is 1.39. The van der Waals surface area contributed by atoms with E-state index in [2.05, 4.69) is 15.9 Å². The molecule has 0 fully saturated rings. The molecule has 2 heteroatoms. The summed E-state index contributed by atoms with van der Waals surface area (Å²) < 4.78 is 0. The molecule has 0 aliphatic rings.